The summed E-state index contributed by atoms with van der Waals surface area (Å²) in [5, 5.41) is 1.76. The van der Waals surface area contributed by atoms with Crippen molar-refractivity contribution >= 4 is 11.9 Å². The largest absolute Gasteiger partial charge is 0.467 e. The van der Waals surface area contributed by atoms with Crippen LogP contribution in [-0.4, -0.2) is 50.9 Å². The molecule has 2 aliphatic rings. The fraction of sp³-hybridized carbons (Fsp3) is 0.346. The third-order valence-electron chi connectivity index (χ3n) is 6.34. The van der Waals surface area contributed by atoms with E-state index in [1.165, 1.54) is 23.0 Å². The molecule has 13 heteroatoms. The molecule has 1 fully saturated rings. The molecule has 0 saturated carbocycles. The van der Waals surface area contributed by atoms with Gasteiger partial charge in [0.25, 0.3) is 0 Å². The maximum atomic E-state index is 13.7. The number of aryl methyl sites for hydroxylation is 1. The van der Waals surface area contributed by atoms with Crippen molar-refractivity contribution in [3.05, 3.63) is 77.5 Å². The number of nitrogens with zero attached hydrogens (tertiary/aromatic N) is 5. The molecule has 7 nitrogen and oxygen atoms in total. The van der Waals surface area contributed by atoms with Gasteiger partial charge in [0.1, 0.15) is 17.7 Å². The molecule has 1 unspecified atom stereocenters. The summed E-state index contributed by atoms with van der Waals surface area (Å²) in [5.74, 6) is -0.236. The highest BCUT2D eigenvalue weighted by Gasteiger charge is 2.40. The maximum absolute atomic E-state index is 13.7. The number of pyridine rings is 1. The number of piperidine rings is 1. The Balaban J connectivity index is 1.39. The number of amidine groups is 1. The molecule has 3 aromatic rings. The van der Waals surface area contributed by atoms with Gasteiger partial charge in [-0.05, 0) is 55.7 Å². The third kappa shape index (κ3) is 6.08. The first kappa shape index (κ1) is 26.7. The van der Waals surface area contributed by atoms with Crippen LogP contribution in [0.5, 0.6) is 5.88 Å². The smallest absolute Gasteiger partial charge is 0.422 e. The van der Waals surface area contributed by atoms with E-state index in [4.69, 9.17) is 4.74 Å². The molecule has 206 valence electrons. The van der Waals surface area contributed by atoms with Crippen molar-refractivity contribution in [1.29, 1.82) is 0 Å². The number of ether oxygens (including phenoxy) is 1. The standard InChI is InChI=1S/C26H24F6N6O/c1-16-13-37(15-33-16)21-10-8-17(34-24(21)39-14-25(27,28)29)9-11-22-35-23-19(6-4-12-38(23)36-22)18-5-2-3-7-20(18)26(30,31)32/h2-3,5,7-11,13,15,19,22,36H,4,6,12,14H2,1H3/b11-9+/t19-,22?/m1/s1. The Bertz CT molecular complexity index is 1400. The summed E-state index contributed by atoms with van der Waals surface area (Å²) in [5.41, 5.74) is 3.94. The first-order chi connectivity index (χ1) is 18.5. The quantitative estimate of drug-likeness (QED) is 0.401. The van der Waals surface area contributed by atoms with Crippen LogP contribution >= 0.6 is 0 Å². The number of aromatic nitrogens is 3. The van der Waals surface area contributed by atoms with Gasteiger partial charge in [0.2, 0.25) is 5.88 Å². The number of fused-ring (bicyclic) bond motifs is 1. The number of benzene rings is 1. The van der Waals surface area contributed by atoms with Crippen LogP contribution in [0.4, 0.5) is 26.3 Å². The van der Waals surface area contributed by atoms with Gasteiger partial charge in [-0.15, -0.1) is 0 Å². The molecule has 2 atom stereocenters. The Labute approximate surface area is 219 Å². The number of hydrazine groups is 1. The lowest BCUT2D eigenvalue weighted by Gasteiger charge is -2.33. The Morgan fingerprint density at radius 1 is 1.10 bits per heavy atom. The summed E-state index contributed by atoms with van der Waals surface area (Å²) >= 11 is 0. The molecule has 1 aromatic carbocycles. The summed E-state index contributed by atoms with van der Waals surface area (Å²) in [4.78, 5) is 13.0. The zero-order chi connectivity index (χ0) is 27.8. The lowest BCUT2D eigenvalue weighted by molar-refractivity contribution is -0.154. The zero-order valence-electron chi connectivity index (χ0n) is 20.7. The van der Waals surface area contributed by atoms with Crippen molar-refractivity contribution in [2.75, 3.05) is 13.2 Å². The highest BCUT2D eigenvalue weighted by Crippen LogP contribution is 2.39. The summed E-state index contributed by atoms with van der Waals surface area (Å²) in [7, 11) is 0. The monoisotopic (exact) mass is 550 g/mol. The topological polar surface area (TPSA) is 67.6 Å². The Hall–Kier alpha value is -3.87. The van der Waals surface area contributed by atoms with E-state index in [2.05, 4.69) is 20.4 Å². The van der Waals surface area contributed by atoms with Crippen LogP contribution < -0.4 is 10.2 Å². The molecule has 5 rings (SSSR count). The van der Waals surface area contributed by atoms with Crippen LogP contribution in [0.2, 0.25) is 0 Å². The molecule has 1 saturated heterocycles. The molecule has 1 N–H and O–H groups in total. The number of rotatable bonds is 6. The minimum atomic E-state index is -4.55. The van der Waals surface area contributed by atoms with Gasteiger partial charge < -0.3 is 9.30 Å². The molecule has 0 amide bonds. The van der Waals surface area contributed by atoms with Crippen molar-refractivity contribution in [2.24, 2.45) is 4.99 Å². The van der Waals surface area contributed by atoms with Gasteiger partial charge in [0.05, 0.1) is 23.3 Å². The van der Waals surface area contributed by atoms with Gasteiger partial charge in [0, 0.05) is 18.7 Å². The Morgan fingerprint density at radius 2 is 1.90 bits per heavy atom. The Kier molecular flexibility index (Phi) is 7.10. The summed E-state index contributed by atoms with van der Waals surface area (Å²) in [6.07, 6.45) is -2.12. The average Bonchev–Trinajstić information content (AvgIpc) is 3.51. The predicted molar refractivity (Wildman–Crippen MR) is 131 cm³/mol. The number of alkyl halides is 6. The van der Waals surface area contributed by atoms with Crippen LogP contribution in [0.1, 0.15) is 41.3 Å². The average molecular weight is 551 g/mol. The van der Waals surface area contributed by atoms with Crippen molar-refractivity contribution in [1.82, 2.24) is 25.0 Å². The van der Waals surface area contributed by atoms with Crippen molar-refractivity contribution in [3.8, 4) is 11.6 Å². The van der Waals surface area contributed by atoms with Gasteiger partial charge in [-0.3, -0.25) is 5.01 Å². The highest BCUT2D eigenvalue weighted by atomic mass is 19.4. The lowest BCUT2D eigenvalue weighted by Crippen LogP contribution is -2.45. The molecule has 0 bridgehead atoms. The molecule has 0 spiro atoms. The fourth-order valence-corrected chi connectivity index (χ4v) is 4.68. The van der Waals surface area contributed by atoms with E-state index < -0.39 is 36.6 Å². The van der Waals surface area contributed by atoms with Gasteiger partial charge in [0.15, 0.2) is 6.61 Å². The van der Waals surface area contributed by atoms with Crippen molar-refractivity contribution in [2.45, 2.75) is 44.2 Å². The second kappa shape index (κ2) is 10.4. The number of hydrogen-bond donors (Lipinski definition) is 1. The number of nitrogens with one attached hydrogen (secondary N) is 1. The third-order valence-corrected chi connectivity index (χ3v) is 6.34. The number of halogens is 6. The van der Waals surface area contributed by atoms with E-state index in [-0.39, 0.29) is 11.4 Å². The summed E-state index contributed by atoms with van der Waals surface area (Å²) in [6, 6.07) is 8.70. The van der Waals surface area contributed by atoms with Gasteiger partial charge in [-0.2, -0.15) is 26.3 Å². The molecular formula is C26H24F6N6O. The van der Waals surface area contributed by atoms with Gasteiger partial charge in [-0.1, -0.05) is 18.2 Å². The number of imidazole rings is 1. The predicted octanol–water partition coefficient (Wildman–Crippen LogP) is 5.67. The normalized spacial score (nSPS) is 19.9. The SMILES string of the molecule is Cc1cn(-c2ccc(/C=C/C3N=C4[C@@H](c5ccccc5C(F)(F)F)CCCN4N3)nc2OCC(F)(F)F)cn1. The first-order valence-electron chi connectivity index (χ1n) is 12.2. The van der Waals surface area contributed by atoms with Crippen LogP contribution in [0.15, 0.2) is 60.0 Å². The highest BCUT2D eigenvalue weighted by molar-refractivity contribution is 5.91. The molecule has 39 heavy (non-hydrogen) atoms. The molecular weight excluding hydrogens is 526 g/mol. The van der Waals surface area contributed by atoms with E-state index in [1.54, 1.807) is 48.5 Å². The minimum Gasteiger partial charge on any atom is -0.467 e. The number of hydrogen-bond acceptors (Lipinski definition) is 6. The van der Waals surface area contributed by atoms with Crippen LogP contribution in [0, 0.1) is 6.92 Å². The molecule has 4 heterocycles. The first-order valence-corrected chi connectivity index (χ1v) is 12.2. The second-order valence-corrected chi connectivity index (χ2v) is 9.24. The lowest BCUT2D eigenvalue weighted by atomic mass is 9.87. The van der Waals surface area contributed by atoms with E-state index in [1.807, 2.05) is 0 Å². The van der Waals surface area contributed by atoms with Crippen LogP contribution in [0.25, 0.3) is 11.8 Å². The van der Waals surface area contributed by atoms with Crippen LogP contribution in [-0.2, 0) is 6.18 Å². The molecule has 2 aliphatic heterocycles. The number of aliphatic imine (C=N–C) groups is 1. The summed E-state index contributed by atoms with van der Waals surface area (Å²) < 4.78 is 86.0. The van der Waals surface area contributed by atoms with E-state index in [0.29, 0.717) is 42.3 Å². The summed E-state index contributed by atoms with van der Waals surface area (Å²) in [6.45, 7) is 0.815. The Morgan fingerprint density at radius 3 is 2.62 bits per heavy atom. The maximum Gasteiger partial charge on any atom is 0.422 e. The van der Waals surface area contributed by atoms with Crippen LogP contribution in [0.3, 0.4) is 0 Å². The van der Waals surface area contributed by atoms with E-state index in [0.717, 1.165) is 6.07 Å². The van der Waals surface area contributed by atoms with Gasteiger partial charge in [-0.25, -0.2) is 20.4 Å². The van der Waals surface area contributed by atoms with E-state index >= 15 is 0 Å². The van der Waals surface area contributed by atoms with Gasteiger partial charge >= 0.3 is 12.4 Å². The fourth-order valence-electron chi connectivity index (χ4n) is 4.68. The second-order valence-electron chi connectivity index (χ2n) is 9.24. The zero-order valence-corrected chi connectivity index (χ0v) is 20.7. The molecule has 0 radical (unpaired) electrons. The molecule has 0 aliphatic carbocycles. The minimum absolute atomic E-state index is 0.179. The van der Waals surface area contributed by atoms with Crippen molar-refractivity contribution in [3.63, 3.8) is 0 Å². The van der Waals surface area contributed by atoms with Crippen molar-refractivity contribution < 1.29 is 31.1 Å². The molecule has 2 aromatic heterocycles. The van der Waals surface area contributed by atoms with E-state index in [9.17, 15) is 26.3 Å².